The summed E-state index contributed by atoms with van der Waals surface area (Å²) in [6, 6.07) is 20.3. The molecule has 0 unspecified atom stereocenters. The van der Waals surface area contributed by atoms with E-state index in [2.05, 4.69) is 17.4 Å². The predicted octanol–water partition coefficient (Wildman–Crippen LogP) is 5.77. The molecule has 1 fully saturated rings. The second kappa shape index (κ2) is 7.89. The molecular weight excluding hydrogens is 386 g/mol. The summed E-state index contributed by atoms with van der Waals surface area (Å²) in [5.74, 6) is 3.94. The van der Waals surface area contributed by atoms with Gasteiger partial charge in [0, 0.05) is 29.2 Å². The maximum Gasteiger partial charge on any atom is 0.232 e. The predicted molar refractivity (Wildman–Crippen MR) is 120 cm³/mol. The maximum atomic E-state index is 5.88. The fourth-order valence-corrected chi connectivity index (χ4v) is 5.98. The zero-order valence-corrected chi connectivity index (χ0v) is 16.8. The van der Waals surface area contributed by atoms with Gasteiger partial charge in [-0.15, -0.1) is 23.5 Å². The summed E-state index contributed by atoms with van der Waals surface area (Å²) < 4.78 is 6.43. The number of thioether (sulfide) groups is 2. The lowest BCUT2D eigenvalue weighted by atomic mass is 10.1. The molecule has 140 valence electrons. The molecule has 5 rings (SSSR count). The molecule has 0 bridgehead atoms. The fraction of sp³-hybridized carbons (Fsp3) is 0.182. The minimum absolute atomic E-state index is 0.553. The van der Waals surface area contributed by atoms with Crippen LogP contribution in [0.2, 0.25) is 0 Å². The SMILES string of the molecule is c1ccc(-c2nc(NCC3SCCS3)c3c(-c4ccccc4)coc3n2)cc1. The second-order valence-corrected chi connectivity index (χ2v) is 9.43. The zero-order chi connectivity index (χ0) is 18.8. The monoisotopic (exact) mass is 405 g/mol. The van der Waals surface area contributed by atoms with Crippen LogP contribution in [0.15, 0.2) is 71.3 Å². The molecule has 0 radical (unpaired) electrons. The van der Waals surface area contributed by atoms with Crippen molar-refractivity contribution in [2.24, 2.45) is 0 Å². The average Bonchev–Trinajstić information content (AvgIpc) is 3.43. The minimum Gasteiger partial charge on any atom is -0.445 e. The Morgan fingerprint density at radius 2 is 1.57 bits per heavy atom. The highest BCUT2D eigenvalue weighted by atomic mass is 32.2. The number of hydrogen-bond donors (Lipinski definition) is 1. The summed E-state index contributed by atoms with van der Waals surface area (Å²) in [5, 5.41) is 4.53. The van der Waals surface area contributed by atoms with Crippen molar-refractivity contribution >= 4 is 40.4 Å². The molecule has 4 aromatic rings. The summed E-state index contributed by atoms with van der Waals surface area (Å²) in [6.45, 7) is 0.870. The van der Waals surface area contributed by atoms with E-state index < -0.39 is 0 Å². The molecule has 1 aliphatic heterocycles. The van der Waals surface area contributed by atoms with Crippen LogP contribution in [0.3, 0.4) is 0 Å². The minimum atomic E-state index is 0.553. The summed E-state index contributed by atoms with van der Waals surface area (Å²) in [5.41, 5.74) is 3.71. The first-order chi connectivity index (χ1) is 13.9. The lowest BCUT2D eigenvalue weighted by molar-refractivity contribution is 0.604. The number of fused-ring (bicyclic) bond motifs is 1. The molecule has 6 heteroatoms. The van der Waals surface area contributed by atoms with Crippen LogP contribution < -0.4 is 5.32 Å². The van der Waals surface area contributed by atoms with Gasteiger partial charge in [-0.1, -0.05) is 60.7 Å². The van der Waals surface area contributed by atoms with E-state index in [1.807, 2.05) is 72.1 Å². The molecule has 1 saturated heterocycles. The molecule has 28 heavy (non-hydrogen) atoms. The lowest BCUT2D eigenvalue weighted by Crippen LogP contribution is -2.13. The van der Waals surface area contributed by atoms with Crippen molar-refractivity contribution in [2.75, 3.05) is 23.4 Å². The van der Waals surface area contributed by atoms with E-state index in [0.29, 0.717) is 16.1 Å². The molecule has 1 N–H and O–H groups in total. The maximum absolute atomic E-state index is 5.88. The van der Waals surface area contributed by atoms with E-state index in [-0.39, 0.29) is 0 Å². The van der Waals surface area contributed by atoms with Crippen LogP contribution in [-0.4, -0.2) is 32.6 Å². The van der Waals surface area contributed by atoms with Crippen molar-refractivity contribution in [3.63, 3.8) is 0 Å². The van der Waals surface area contributed by atoms with Crippen LogP contribution in [-0.2, 0) is 0 Å². The molecule has 1 aliphatic rings. The first-order valence-corrected chi connectivity index (χ1v) is 11.4. The average molecular weight is 406 g/mol. The smallest absolute Gasteiger partial charge is 0.232 e. The molecule has 2 aromatic heterocycles. The number of nitrogens with one attached hydrogen (secondary N) is 1. The van der Waals surface area contributed by atoms with Gasteiger partial charge >= 0.3 is 0 Å². The molecule has 0 spiro atoms. The molecule has 0 atom stereocenters. The van der Waals surface area contributed by atoms with Gasteiger partial charge in [-0.2, -0.15) is 4.98 Å². The fourth-order valence-electron chi connectivity index (χ4n) is 3.32. The van der Waals surface area contributed by atoms with Gasteiger partial charge in [-0.25, -0.2) is 4.98 Å². The van der Waals surface area contributed by atoms with Crippen molar-refractivity contribution in [1.29, 1.82) is 0 Å². The Hall–Kier alpha value is -2.44. The largest absolute Gasteiger partial charge is 0.445 e. The Morgan fingerprint density at radius 1 is 0.893 bits per heavy atom. The van der Waals surface area contributed by atoms with Crippen LogP contribution in [0.5, 0.6) is 0 Å². The van der Waals surface area contributed by atoms with Crippen molar-refractivity contribution < 1.29 is 4.42 Å². The van der Waals surface area contributed by atoms with Crippen LogP contribution in [0.25, 0.3) is 33.6 Å². The Balaban J connectivity index is 1.61. The first kappa shape index (κ1) is 17.6. The van der Waals surface area contributed by atoms with Crippen LogP contribution >= 0.6 is 23.5 Å². The molecule has 3 heterocycles. The van der Waals surface area contributed by atoms with Gasteiger partial charge in [0.1, 0.15) is 12.1 Å². The number of aromatic nitrogens is 2. The van der Waals surface area contributed by atoms with Gasteiger partial charge in [0.15, 0.2) is 5.82 Å². The summed E-state index contributed by atoms with van der Waals surface area (Å²) in [7, 11) is 0. The van der Waals surface area contributed by atoms with Gasteiger partial charge in [0.25, 0.3) is 0 Å². The van der Waals surface area contributed by atoms with E-state index in [1.165, 1.54) is 11.5 Å². The zero-order valence-electron chi connectivity index (χ0n) is 15.2. The van der Waals surface area contributed by atoms with Gasteiger partial charge in [0.05, 0.1) is 9.97 Å². The molecule has 2 aromatic carbocycles. The highest BCUT2D eigenvalue weighted by Crippen LogP contribution is 2.37. The highest BCUT2D eigenvalue weighted by Gasteiger charge is 2.20. The molecule has 0 saturated carbocycles. The summed E-state index contributed by atoms with van der Waals surface area (Å²) in [6.07, 6.45) is 1.79. The number of anilines is 1. The topological polar surface area (TPSA) is 51.0 Å². The second-order valence-electron chi connectivity index (χ2n) is 6.51. The first-order valence-electron chi connectivity index (χ1n) is 9.25. The number of nitrogens with zero attached hydrogens (tertiary/aromatic N) is 2. The molecule has 0 aliphatic carbocycles. The Bertz CT molecular complexity index is 1080. The molecule has 4 nitrogen and oxygen atoms in total. The number of benzene rings is 2. The van der Waals surface area contributed by atoms with Gasteiger partial charge in [-0.05, 0) is 5.56 Å². The molecular formula is C22H19N3OS2. The quantitative estimate of drug-likeness (QED) is 0.454. The van der Waals surface area contributed by atoms with E-state index in [0.717, 1.165) is 34.4 Å². The van der Waals surface area contributed by atoms with Crippen molar-refractivity contribution in [3.8, 4) is 22.5 Å². The van der Waals surface area contributed by atoms with E-state index >= 15 is 0 Å². The summed E-state index contributed by atoms with van der Waals surface area (Å²) in [4.78, 5) is 9.59. The van der Waals surface area contributed by atoms with E-state index in [4.69, 9.17) is 14.4 Å². The molecule has 0 amide bonds. The van der Waals surface area contributed by atoms with Crippen molar-refractivity contribution in [3.05, 3.63) is 66.9 Å². The van der Waals surface area contributed by atoms with Gasteiger partial charge in [0.2, 0.25) is 5.71 Å². The third-order valence-electron chi connectivity index (χ3n) is 4.68. The van der Waals surface area contributed by atoms with Crippen molar-refractivity contribution in [2.45, 2.75) is 4.58 Å². The van der Waals surface area contributed by atoms with E-state index in [9.17, 15) is 0 Å². The summed E-state index contributed by atoms with van der Waals surface area (Å²) >= 11 is 4.01. The lowest BCUT2D eigenvalue weighted by Gasteiger charge is -2.13. The Kier molecular flexibility index (Phi) is 4.97. The Labute approximate surface area is 172 Å². The normalized spacial score (nSPS) is 14.6. The third kappa shape index (κ3) is 3.50. The number of furan rings is 1. The highest BCUT2D eigenvalue weighted by molar-refractivity contribution is 8.20. The third-order valence-corrected chi connectivity index (χ3v) is 7.71. The van der Waals surface area contributed by atoms with Crippen LogP contribution in [0.4, 0.5) is 5.82 Å². The number of rotatable bonds is 5. The van der Waals surface area contributed by atoms with Gasteiger partial charge < -0.3 is 9.73 Å². The standard InChI is InChI=1S/C22H19N3OS2/c1-3-7-15(8-4-1)17-14-26-22-19(17)21(23-13-18-27-11-12-28-18)24-20(25-22)16-9-5-2-6-10-16/h1-10,14,18H,11-13H2,(H,23,24,25). The van der Waals surface area contributed by atoms with E-state index in [1.54, 1.807) is 6.26 Å². The van der Waals surface area contributed by atoms with Crippen molar-refractivity contribution in [1.82, 2.24) is 9.97 Å². The van der Waals surface area contributed by atoms with Gasteiger partial charge in [-0.3, -0.25) is 0 Å². The number of hydrogen-bond acceptors (Lipinski definition) is 6. The van der Waals surface area contributed by atoms with Crippen LogP contribution in [0, 0.1) is 0 Å². The Morgan fingerprint density at radius 3 is 2.29 bits per heavy atom. The van der Waals surface area contributed by atoms with Crippen LogP contribution in [0.1, 0.15) is 0 Å².